The van der Waals surface area contributed by atoms with Gasteiger partial charge in [-0.15, -0.1) is 11.3 Å². The number of nitrogens with one attached hydrogen (secondary N) is 1. The van der Waals surface area contributed by atoms with E-state index in [1.54, 1.807) is 18.3 Å². The molecule has 0 aliphatic rings. The average Bonchev–Trinajstić information content (AvgIpc) is 3.03. The number of pyridine rings is 1. The molecule has 3 rings (SSSR count). The van der Waals surface area contributed by atoms with Gasteiger partial charge in [0.2, 0.25) is 0 Å². The molecule has 0 saturated heterocycles. The van der Waals surface area contributed by atoms with E-state index in [1.807, 2.05) is 49.6 Å². The van der Waals surface area contributed by atoms with Gasteiger partial charge in [0.1, 0.15) is 11.4 Å². The van der Waals surface area contributed by atoms with Crippen LogP contribution in [0.4, 0.5) is 10.8 Å². The predicted octanol–water partition coefficient (Wildman–Crippen LogP) is 4.90. The van der Waals surface area contributed by atoms with Crippen molar-refractivity contribution in [2.75, 3.05) is 5.32 Å². The van der Waals surface area contributed by atoms with E-state index in [1.165, 1.54) is 11.3 Å². The second kappa shape index (κ2) is 7.90. The summed E-state index contributed by atoms with van der Waals surface area (Å²) in [5.41, 5.74) is 2.48. The second-order valence-electron chi connectivity index (χ2n) is 5.98. The number of anilines is 2. The van der Waals surface area contributed by atoms with Crippen molar-refractivity contribution in [2.45, 2.75) is 20.3 Å². The molecule has 0 bridgehead atoms. The highest BCUT2D eigenvalue weighted by Gasteiger charge is 2.09. The maximum Gasteiger partial charge on any atom is 0.311 e. The van der Waals surface area contributed by atoms with Crippen LogP contribution in [0, 0.1) is 5.92 Å². The summed E-state index contributed by atoms with van der Waals surface area (Å²) in [5, 5.41) is 5.95. The summed E-state index contributed by atoms with van der Waals surface area (Å²) in [5.74, 6) is 0.574. The number of aromatic nitrogens is 2. The number of benzene rings is 1. The van der Waals surface area contributed by atoms with Gasteiger partial charge in [-0.2, -0.15) is 0 Å². The number of carbonyl (C=O) groups is 1. The summed E-state index contributed by atoms with van der Waals surface area (Å²) in [7, 11) is 0. The van der Waals surface area contributed by atoms with E-state index in [4.69, 9.17) is 4.74 Å². The highest BCUT2D eigenvalue weighted by Crippen LogP contribution is 2.27. The zero-order valence-electron chi connectivity index (χ0n) is 14.1. The lowest BCUT2D eigenvalue weighted by molar-refractivity contribution is -0.135. The third kappa shape index (κ3) is 4.87. The molecule has 0 fully saturated rings. The molecule has 6 heteroatoms. The molecule has 0 aliphatic heterocycles. The lowest BCUT2D eigenvalue weighted by atomic mass is 10.1. The largest absolute Gasteiger partial charge is 0.426 e. The third-order valence-corrected chi connectivity index (χ3v) is 4.08. The van der Waals surface area contributed by atoms with Crippen LogP contribution in [0.3, 0.4) is 0 Å². The fraction of sp³-hybridized carbons (Fsp3) is 0.211. The van der Waals surface area contributed by atoms with Gasteiger partial charge in [-0.05, 0) is 30.2 Å². The van der Waals surface area contributed by atoms with Gasteiger partial charge in [0.25, 0.3) is 0 Å². The lowest BCUT2D eigenvalue weighted by Gasteiger charge is -2.08. The summed E-state index contributed by atoms with van der Waals surface area (Å²) in [6, 6.07) is 13.0. The van der Waals surface area contributed by atoms with Crippen LogP contribution in [-0.2, 0) is 4.79 Å². The minimum Gasteiger partial charge on any atom is -0.426 e. The van der Waals surface area contributed by atoms with Crippen LogP contribution in [0.25, 0.3) is 11.4 Å². The number of ether oxygens (including phenoxy) is 1. The molecule has 2 heterocycles. The molecule has 0 unspecified atom stereocenters. The maximum absolute atomic E-state index is 11.8. The first kappa shape index (κ1) is 17.1. The number of carbonyl (C=O) groups excluding carboxylic acids is 1. The van der Waals surface area contributed by atoms with E-state index in [-0.39, 0.29) is 11.9 Å². The number of hydrogen-bond donors (Lipinski definition) is 1. The van der Waals surface area contributed by atoms with Gasteiger partial charge in [-0.25, -0.2) is 4.98 Å². The Balaban J connectivity index is 1.68. The van der Waals surface area contributed by atoms with Crippen LogP contribution >= 0.6 is 11.3 Å². The first-order valence-electron chi connectivity index (χ1n) is 8.05. The van der Waals surface area contributed by atoms with E-state index in [0.717, 1.165) is 22.2 Å². The van der Waals surface area contributed by atoms with Crippen LogP contribution in [0.2, 0.25) is 0 Å². The molecule has 128 valence electrons. The van der Waals surface area contributed by atoms with Gasteiger partial charge in [-0.1, -0.05) is 26.0 Å². The summed E-state index contributed by atoms with van der Waals surface area (Å²) in [6.07, 6.45) is 2.15. The average molecular weight is 353 g/mol. The molecular formula is C19H19N3O2S. The Morgan fingerprint density at radius 3 is 2.84 bits per heavy atom. The molecular weight excluding hydrogens is 334 g/mol. The van der Waals surface area contributed by atoms with Crippen LogP contribution in [0.15, 0.2) is 54.0 Å². The third-order valence-electron chi connectivity index (χ3n) is 3.32. The van der Waals surface area contributed by atoms with Gasteiger partial charge >= 0.3 is 5.97 Å². The summed E-state index contributed by atoms with van der Waals surface area (Å²) >= 11 is 1.50. The van der Waals surface area contributed by atoms with E-state index in [9.17, 15) is 4.79 Å². The van der Waals surface area contributed by atoms with Crippen molar-refractivity contribution < 1.29 is 9.53 Å². The second-order valence-corrected chi connectivity index (χ2v) is 6.84. The Bertz CT molecular complexity index is 847. The topological polar surface area (TPSA) is 64.1 Å². The standard InChI is InChI=1S/C19H19N3O2S/c1-13(2)10-18(23)24-15-7-5-6-14(11-15)21-19-22-17(12-25-19)16-8-3-4-9-20-16/h3-9,11-13H,10H2,1-2H3,(H,21,22). The Kier molecular flexibility index (Phi) is 5.40. The SMILES string of the molecule is CC(C)CC(=O)Oc1cccc(Nc2nc(-c3ccccn3)cs2)c1. The number of nitrogens with zero attached hydrogens (tertiary/aromatic N) is 2. The van der Waals surface area contributed by atoms with Crippen molar-refractivity contribution >= 4 is 28.1 Å². The van der Waals surface area contributed by atoms with E-state index in [2.05, 4.69) is 15.3 Å². The molecule has 5 nitrogen and oxygen atoms in total. The molecule has 3 aromatic rings. The smallest absolute Gasteiger partial charge is 0.311 e. The van der Waals surface area contributed by atoms with Gasteiger partial charge < -0.3 is 10.1 Å². The van der Waals surface area contributed by atoms with Crippen LogP contribution < -0.4 is 10.1 Å². The van der Waals surface area contributed by atoms with Crippen molar-refractivity contribution in [3.8, 4) is 17.1 Å². The Morgan fingerprint density at radius 2 is 2.08 bits per heavy atom. The van der Waals surface area contributed by atoms with Crippen molar-refractivity contribution in [1.29, 1.82) is 0 Å². The summed E-state index contributed by atoms with van der Waals surface area (Å²) in [6.45, 7) is 3.97. The molecule has 0 saturated carbocycles. The lowest BCUT2D eigenvalue weighted by Crippen LogP contribution is -2.10. The molecule has 0 aliphatic carbocycles. The van der Waals surface area contributed by atoms with E-state index < -0.39 is 0 Å². The fourth-order valence-corrected chi connectivity index (χ4v) is 2.95. The zero-order chi connectivity index (χ0) is 17.6. The van der Waals surface area contributed by atoms with Crippen molar-refractivity contribution in [3.05, 3.63) is 54.0 Å². The highest BCUT2D eigenvalue weighted by atomic mass is 32.1. The molecule has 1 N–H and O–H groups in total. The van der Waals surface area contributed by atoms with Crippen LogP contribution in [0.1, 0.15) is 20.3 Å². The maximum atomic E-state index is 11.8. The molecule has 0 radical (unpaired) electrons. The summed E-state index contributed by atoms with van der Waals surface area (Å²) < 4.78 is 5.37. The molecule has 2 aromatic heterocycles. The van der Waals surface area contributed by atoms with E-state index >= 15 is 0 Å². The molecule has 0 spiro atoms. The van der Waals surface area contributed by atoms with Crippen molar-refractivity contribution in [3.63, 3.8) is 0 Å². The van der Waals surface area contributed by atoms with Gasteiger partial charge in [0.15, 0.2) is 5.13 Å². The Labute approximate surface area is 150 Å². The Hall–Kier alpha value is -2.73. The summed E-state index contributed by atoms with van der Waals surface area (Å²) in [4.78, 5) is 20.6. The minimum absolute atomic E-state index is 0.223. The van der Waals surface area contributed by atoms with Gasteiger partial charge in [0.05, 0.1) is 5.69 Å². The predicted molar refractivity (Wildman–Crippen MR) is 100 cm³/mol. The monoisotopic (exact) mass is 353 g/mol. The molecule has 25 heavy (non-hydrogen) atoms. The highest BCUT2D eigenvalue weighted by molar-refractivity contribution is 7.14. The van der Waals surface area contributed by atoms with Gasteiger partial charge in [-0.3, -0.25) is 9.78 Å². The minimum atomic E-state index is -0.223. The number of rotatable bonds is 6. The first-order chi connectivity index (χ1) is 12.1. The number of thiazole rings is 1. The first-order valence-corrected chi connectivity index (χ1v) is 8.93. The molecule has 1 aromatic carbocycles. The fourth-order valence-electron chi connectivity index (χ4n) is 2.23. The van der Waals surface area contributed by atoms with E-state index in [0.29, 0.717) is 12.2 Å². The Morgan fingerprint density at radius 1 is 1.20 bits per heavy atom. The normalized spacial score (nSPS) is 10.7. The quantitative estimate of drug-likeness (QED) is 0.504. The molecule has 0 atom stereocenters. The number of esters is 1. The van der Waals surface area contributed by atoms with Crippen molar-refractivity contribution in [1.82, 2.24) is 9.97 Å². The van der Waals surface area contributed by atoms with Crippen LogP contribution in [0.5, 0.6) is 5.75 Å². The molecule has 0 amide bonds. The zero-order valence-corrected chi connectivity index (χ0v) is 14.9. The van der Waals surface area contributed by atoms with Gasteiger partial charge in [0, 0.05) is 29.8 Å². The number of hydrogen-bond acceptors (Lipinski definition) is 6. The van der Waals surface area contributed by atoms with Crippen LogP contribution in [-0.4, -0.2) is 15.9 Å². The van der Waals surface area contributed by atoms with Crippen molar-refractivity contribution in [2.24, 2.45) is 5.92 Å².